The highest BCUT2D eigenvalue weighted by Crippen LogP contribution is 2.01. The van der Waals surface area contributed by atoms with E-state index in [1.165, 1.54) is 29.6 Å². The zero-order chi connectivity index (χ0) is 13.9. The number of hydrogen-bond acceptors (Lipinski definition) is 5. The van der Waals surface area contributed by atoms with Gasteiger partial charge < -0.3 is 14.7 Å². The van der Waals surface area contributed by atoms with Crippen molar-refractivity contribution in [3.8, 4) is 0 Å². The third-order valence-corrected chi connectivity index (χ3v) is 3.66. The minimum Gasteiger partial charge on any atom is -0.476 e. The highest BCUT2D eigenvalue weighted by molar-refractivity contribution is 7.89. The summed E-state index contributed by atoms with van der Waals surface area (Å²) >= 11 is 0. The van der Waals surface area contributed by atoms with Gasteiger partial charge in [-0.15, -0.1) is 0 Å². The van der Waals surface area contributed by atoms with Gasteiger partial charge in [0.2, 0.25) is 0 Å². The van der Waals surface area contributed by atoms with Crippen LogP contribution in [-0.2, 0) is 16.6 Å². The second kappa shape index (κ2) is 5.20. The summed E-state index contributed by atoms with van der Waals surface area (Å²) in [5.74, 6) is -1.13. The van der Waals surface area contributed by atoms with Gasteiger partial charge in [0, 0.05) is 19.3 Å². The molecule has 0 saturated heterocycles. The number of sulfonamides is 1. The SMILES string of the molecule is O=C(O)c1cn(CCNS(=O)(=O)c2cnc[nH]2)cn1. The molecule has 2 heterocycles. The molecule has 19 heavy (non-hydrogen) atoms. The molecule has 10 heteroatoms. The quantitative estimate of drug-likeness (QED) is 0.642. The Bertz CT molecular complexity index is 661. The molecule has 0 atom stereocenters. The van der Waals surface area contributed by atoms with Gasteiger partial charge in [0.15, 0.2) is 10.7 Å². The highest BCUT2D eigenvalue weighted by atomic mass is 32.2. The van der Waals surface area contributed by atoms with Crippen molar-refractivity contribution in [2.24, 2.45) is 0 Å². The lowest BCUT2D eigenvalue weighted by Crippen LogP contribution is -2.27. The monoisotopic (exact) mass is 285 g/mol. The number of carboxylic acid groups (broad SMARTS) is 1. The number of hydrogen-bond donors (Lipinski definition) is 3. The van der Waals surface area contributed by atoms with E-state index < -0.39 is 16.0 Å². The fraction of sp³-hybridized carbons (Fsp3) is 0.222. The van der Waals surface area contributed by atoms with Crippen LogP contribution in [0.1, 0.15) is 10.5 Å². The van der Waals surface area contributed by atoms with Gasteiger partial charge in [-0.05, 0) is 0 Å². The van der Waals surface area contributed by atoms with E-state index in [2.05, 4.69) is 19.7 Å². The Balaban J connectivity index is 1.91. The second-order valence-corrected chi connectivity index (χ2v) is 5.35. The molecular formula is C9H11N5O4S. The molecule has 0 aliphatic heterocycles. The molecule has 0 aliphatic rings. The topological polar surface area (TPSA) is 130 Å². The summed E-state index contributed by atoms with van der Waals surface area (Å²) in [4.78, 5) is 20.4. The molecule has 0 aliphatic carbocycles. The van der Waals surface area contributed by atoms with Crippen LogP contribution in [-0.4, -0.2) is 45.6 Å². The maximum Gasteiger partial charge on any atom is 0.356 e. The summed E-state index contributed by atoms with van der Waals surface area (Å²) in [5.41, 5.74) is -0.0866. The summed E-state index contributed by atoms with van der Waals surface area (Å²) < 4.78 is 27.2. The maximum atomic E-state index is 11.7. The fourth-order valence-electron chi connectivity index (χ4n) is 1.37. The number of imidazole rings is 2. The van der Waals surface area contributed by atoms with E-state index in [9.17, 15) is 13.2 Å². The van der Waals surface area contributed by atoms with E-state index in [0.29, 0.717) is 0 Å². The number of rotatable bonds is 6. The third-order valence-electron chi connectivity index (χ3n) is 2.28. The lowest BCUT2D eigenvalue weighted by molar-refractivity contribution is 0.0691. The molecule has 0 spiro atoms. The smallest absolute Gasteiger partial charge is 0.356 e. The molecule has 2 aromatic heterocycles. The van der Waals surface area contributed by atoms with Crippen molar-refractivity contribution in [2.75, 3.05) is 6.54 Å². The van der Waals surface area contributed by atoms with Crippen molar-refractivity contribution in [1.29, 1.82) is 0 Å². The van der Waals surface area contributed by atoms with E-state index in [-0.39, 0.29) is 23.8 Å². The lowest BCUT2D eigenvalue weighted by atomic mass is 10.5. The average molecular weight is 285 g/mol. The first-order valence-electron chi connectivity index (χ1n) is 5.22. The number of H-pyrrole nitrogens is 1. The summed E-state index contributed by atoms with van der Waals surface area (Å²) in [7, 11) is -3.61. The Labute approximate surface area is 108 Å². The normalized spacial score (nSPS) is 11.6. The van der Waals surface area contributed by atoms with Crippen molar-refractivity contribution in [1.82, 2.24) is 24.2 Å². The highest BCUT2D eigenvalue weighted by Gasteiger charge is 2.14. The minimum atomic E-state index is -3.61. The molecule has 0 aromatic carbocycles. The standard InChI is InChI=1S/C9H11N5O4S/c15-9(16)7-4-14(6-12-7)2-1-13-19(17,18)8-3-10-5-11-8/h3-6,13H,1-2H2,(H,10,11)(H,15,16). The summed E-state index contributed by atoms with van der Waals surface area (Å²) in [6.07, 6.45) is 5.12. The Kier molecular flexibility index (Phi) is 3.62. The van der Waals surface area contributed by atoms with E-state index >= 15 is 0 Å². The van der Waals surface area contributed by atoms with Gasteiger partial charge >= 0.3 is 5.97 Å². The van der Waals surface area contributed by atoms with Gasteiger partial charge in [0.25, 0.3) is 10.0 Å². The van der Waals surface area contributed by atoms with Gasteiger partial charge in [0.1, 0.15) is 0 Å². The Morgan fingerprint density at radius 1 is 1.53 bits per heavy atom. The molecule has 102 valence electrons. The largest absolute Gasteiger partial charge is 0.476 e. The van der Waals surface area contributed by atoms with Crippen LogP contribution in [0.15, 0.2) is 30.1 Å². The van der Waals surface area contributed by atoms with Crippen LogP contribution in [0.25, 0.3) is 0 Å². The first kappa shape index (κ1) is 13.2. The zero-order valence-electron chi connectivity index (χ0n) is 9.65. The molecule has 0 saturated carbocycles. The van der Waals surface area contributed by atoms with Crippen LogP contribution in [0.4, 0.5) is 0 Å². The fourth-order valence-corrected chi connectivity index (χ4v) is 2.29. The number of carbonyl (C=O) groups is 1. The number of nitrogens with zero attached hydrogens (tertiary/aromatic N) is 3. The molecule has 9 nitrogen and oxygen atoms in total. The Morgan fingerprint density at radius 3 is 2.89 bits per heavy atom. The van der Waals surface area contributed by atoms with Gasteiger partial charge in [-0.25, -0.2) is 27.9 Å². The van der Waals surface area contributed by atoms with Gasteiger partial charge in [-0.3, -0.25) is 0 Å². The van der Waals surface area contributed by atoms with Crippen LogP contribution in [0.2, 0.25) is 0 Å². The maximum absolute atomic E-state index is 11.7. The molecule has 0 unspecified atom stereocenters. The van der Waals surface area contributed by atoms with Crippen LogP contribution < -0.4 is 4.72 Å². The molecule has 3 N–H and O–H groups in total. The first-order valence-corrected chi connectivity index (χ1v) is 6.70. The summed E-state index contributed by atoms with van der Waals surface area (Å²) in [6.45, 7) is 0.379. The molecule has 0 bridgehead atoms. The Hall–Kier alpha value is -2.20. The predicted molar refractivity (Wildman–Crippen MR) is 63.0 cm³/mol. The van der Waals surface area contributed by atoms with E-state index in [1.54, 1.807) is 0 Å². The van der Waals surface area contributed by atoms with Crippen LogP contribution >= 0.6 is 0 Å². The van der Waals surface area contributed by atoms with Gasteiger partial charge in [0.05, 0.1) is 18.9 Å². The van der Waals surface area contributed by atoms with E-state index in [0.717, 1.165) is 0 Å². The van der Waals surface area contributed by atoms with Crippen LogP contribution in [0.5, 0.6) is 0 Å². The molecule has 0 radical (unpaired) electrons. The van der Waals surface area contributed by atoms with Gasteiger partial charge in [-0.1, -0.05) is 0 Å². The number of carboxylic acids is 1. The van der Waals surface area contributed by atoms with Crippen LogP contribution in [0, 0.1) is 0 Å². The van der Waals surface area contributed by atoms with Crippen molar-refractivity contribution in [2.45, 2.75) is 11.6 Å². The van der Waals surface area contributed by atoms with E-state index in [4.69, 9.17) is 5.11 Å². The minimum absolute atomic E-state index is 0.0237. The number of aromatic amines is 1. The van der Waals surface area contributed by atoms with Crippen molar-refractivity contribution in [3.05, 3.63) is 30.7 Å². The van der Waals surface area contributed by atoms with Gasteiger partial charge in [-0.2, -0.15) is 0 Å². The van der Waals surface area contributed by atoms with Crippen molar-refractivity contribution in [3.63, 3.8) is 0 Å². The summed E-state index contributed by atoms with van der Waals surface area (Å²) in [5, 5.41) is 8.66. The zero-order valence-corrected chi connectivity index (χ0v) is 10.5. The molecular weight excluding hydrogens is 274 g/mol. The number of aromatic nitrogens is 4. The average Bonchev–Trinajstić information content (AvgIpc) is 3.00. The molecule has 2 rings (SSSR count). The van der Waals surface area contributed by atoms with Crippen LogP contribution in [0.3, 0.4) is 0 Å². The van der Waals surface area contributed by atoms with Crippen molar-refractivity contribution < 1.29 is 18.3 Å². The number of nitrogens with one attached hydrogen (secondary N) is 2. The van der Waals surface area contributed by atoms with E-state index in [1.807, 2.05) is 0 Å². The second-order valence-electron chi connectivity index (χ2n) is 3.62. The third kappa shape index (κ3) is 3.17. The number of aromatic carboxylic acids is 1. The van der Waals surface area contributed by atoms with Crippen molar-refractivity contribution >= 4 is 16.0 Å². The molecule has 0 fully saturated rings. The Morgan fingerprint density at radius 2 is 2.32 bits per heavy atom. The predicted octanol–water partition coefficient (Wildman–Crippen LogP) is -0.717. The molecule has 0 amide bonds. The molecule has 2 aromatic rings. The first-order chi connectivity index (χ1) is 8.99. The summed E-state index contributed by atoms with van der Waals surface area (Å²) in [6, 6.07) is 0. The lowest BCUT2D eigenvalue weighted by Gasteiger charge is -2.04.